The summed E-state index contributed by atoms with van der Waals surface area (Å²) in [5.74, 6) is -0.0771. The summed E-state index contributed by atoms with van der Waals surface area (Å²) in [4.78, 5) is 0.539. The third-order valence-electron chi connectivity index (χ3n) is 2.77. The molecule has 104 valence electrons. The van der Waals surface area contributed by atoms with Gasteiger partial charge in [-0.1, -0.05) is 48.1 Å². The highest BCUT2D eigenvalue weighted by atomic mass is 35.5. The average molecular weight is 326 g/mol. The molecular weight excluding hydrogens is 314 g/mol. The van der Waals surface area contributed by atoms with E-state index in [0.29, 0.717) is 16.1 Å². The Balaban J connectivity index is 2.24. The van der Waals surface area contributed by atoms with Gasteiger partial charge in [0, 0.05) is 10.6 Å². The summed E-state index contributed by atoms with van der Waals surface area (Å²) in [7, 11) is -3.39. The van der Waals surface area contributed by atoms with Crippen LogP contribution in [0.15, 0.2) is 53.4 Å². The summed E-state index contributed by atoms with van der Waals surface area (Å²) in [6.07, 6.45) is 0. The minimum absolute atomic E-state index is 0.0771. The number of thiocarbonyl (C=S) groups is 1. The van der Waals surface area contributed by atoms with Crippen LogP contribution in [0.1, 0.15) is 11.1 Å². The molecule has 0 radical (unpaired) electrons. The van der Waals surface area contributed by atoms with Crippen molar-refractivity contribution in [3.8, 4) is 0 Å². The minimum Gasteiger partial charge on any atom is -0.389 e. The lowest BCUT2D eigenvalue weighted by atomic mass is 10.1. The van der Waals surface area contributed by atoms with Crippen LogP contribution >= 0.6 is 23.8 Å². The van der Waals surface area contributed by atoms with Crippen LogP contribution in [0.4, 0.5) is 0 Å². The topological polar surface area (TPSA) is 60.2 Å². The molecule has 2 aromatic carbocycles. The fraction of sp³-hybridized carbons (Fsp3) is 0.0714. The number of benzene rings is 2. The lowest BCUT2D eigenvalue weighted by molar-refractivity contribution is 0.595. The number of nitrogens with two attached hydrogens (primary N) is 1. The van der Waals surface area contributed by atoms with Gasteiger partial charge in [0.25, 0.3) is 0 Å². The zero-order valence-electron chi connectivity index (χ0n) is 10.4. The van der Waals surface area contributed by atoms with Crippen LogP contribution in [0.25, 0.3) is 0 Å². The van der Waals surface area contributed by atoms with E-state index in [0.717, 1.165) is 0 Å². The fourth-order valence-electron chi connectivity index (χ4n) is 1.71. The van der Waals surface area contributed by atoms with Gasteiger partial charge in [-0.2, -0.15) is 0 Å². The molecule has 0 amide bonds. The molecule has 20 heavy (non-hydrogen) atoms. The van der Waals surface area contributed by atoms with Crippen molar-refractivity contribution in [3.05, 3.63) is 64.7 Å². The van der Waals surface area contributed by atoms with E-state index in [1.807, 2.05) is 0 Å². The third kappa shape index (κ3) is 3.56. The van der Waals surface area contributed by atoms with E-state index in [2.05, 4.69) is 0 Å². The Bertz CT molecular complexity index is 723. The summed E-state index contributed by atoms with van der Waals surface area (Å²) in [6.45, 7) is 0. The lowest BCUT2D eigenvalue weighted by Gasteiger charge is -2.06. The summed E-state index contributed by atoms with van der Waals surface area (Å²) in [6, 6.07) is 13.0. The second-order valence-electron chi connectivity index (χ2n) is 4.27. The first kappa shape index (κ1) is 15.0. The van der Waals surface area contributed by atoms with Crippen molar-refractivity contribution in [2.45, 2.75) is 10.6 Å². The lowest BCUT2D eigenvalue weighted by Crippen LogP contribution is -2.09. The number of hydrogen-bond acceptors (Lipinski definition) is 3. The van der Waals surface area contributed by atoms with Crippen molar-refractivity contribution >= 4 is 38.6 Å². The Labute approximate surface area is 128 Å². The first-order chi connectivity index (χ1) is 9.38. The number of hydrogen-bond donors (Lipinski definition) is 1. The van der Waals surface area contributed by atoms with Crippen LogP contribution in [-0.4, -0.2) is 13.4 Å². The van der Waals surface area contributed by atoms with Gasteiger partial charge in [0.1, 0.15) is 4.99 Å². The van der Waals surface area contributed by atoms with Gasteiger partial charge in [0.05, 0.1) is 10.6 Å². The highest BCUT2D eigenvalue weighted by Crippen LogP contribution is 2.19. The van der Waals surface area contributed by atoms with E-state index >= 15 is 0 Å². The van der Waals surface area contributed by atoms with Crippen molar-refractivity contribution in [1.29, 1.82) is 0 Å². The molecule has 2 aromatic rings. The van der Waals surface area contributed by atoms with Gasteiger partial charge in [0.2, 0.25) is 0 Å². The predicted molar refractivity (Wildman–Crippen MR) is 84.7 cm³/mol. The van der Waals surface area contributed by atoms with Gasteiger partial charge in [-0.25, -0.2) is 8.42 Å². The monoisotopic (exact) mass is 325 g/mol. The van der Waals surface area contributed by atoms with E-state index in [-0.39, 0.29) is 15.6 Å². The molecule has 0 fully saturated rings. The molecule has 0 aliphatic heterocycles. The van der Waals surface area contributed by atoms with Crippen molar-refractivity contribution in [3.63, 3.8) is 0 Å². The molecule has 0 heterocycles. The molecule has 0 aliphatic carbocycles. The van der Waals surface area contributed by atoms with E-state index in [9.17, 15) is 8.42 Å². The van der Waals surface area contributed by atoms with Gasteiger partial charge in [0.15, 0.2) is 9.84 Å². The summed E-state index contributed by atoms with van der Waals surface area (Å²) >= 11 is 10.6. The Kier molecular flexibility index (Phi) is 4.42. The van der Waals surface area contributed by atoms with Crippen molar-refractivity contribution in [2.75, 3.05) is 0 Å². The molecule has 0 aliphatic rings. The maximum absolute atomic E-state index is 12.2. The SMILES string of the molecule is NC(=S)c1ccc(CS(=O)(=O)c2ccc(Cl)cc2)cc1. The van der Waals surface area contributed by atoms with Crippen LogP contribution in [0.3, 0.4) is 0 Å². The molecule has 2 rings (SSSR count). The van der Waals surface area contributed by atoms with E-state index in [4.69, 9.17) is 29.6 Å². The Morgan fingerprint density at radius 3 is 2.10 bits per heavy atom. The highest BCUT2D eigenvalue weighted by molar-refractivity contribution is 7.90. The van der Waals surface area contributed by atoms with Crippen molar-refractivity contribution < 1.29 is 8.42 Å². The summed E-state index contributed by atoms with van der Waals surface area (Å²) in [5, 5.41) is 0.504. The first-order valence-corrected chi connectivity index (χ1v) is 8.19. The van der Waals surface area contributed by atoms with E-state index in [1.54, 1.807) is 36.4 Å². The van der Waals surface area contributed by atoms with Gasteiger partial charge < -0.3 is 5.73 Å². The van der Waals surface area contributed by atoms with Gasteiger partial charge >= 0.3 is 0 Å². The maximum atomic E-state index is 12.2. The second kappa shape index (κ2) is 5.91. The normalized spacial score (nSPS) is 11.2. The van der Waals surface area contributed by atoms with Crippen molar-refractivity contribution in [1.82, 2.24) is 0 Å². The quantitative estimate of drug-likeness (QED) is 0.878. The van der Waals surface area contributed by atoms with Gasteiger partial charge in [-0.05, 0) is 29.8 Å². The van der Waals surface area contributed by atoms with Gasteiger partial charge in [-0.3, -0.25) is 0 Å². The number of rotatable bonds is 4. The predicted octanol–water partition coefficient (Wildman–Crippen LogP) is 2.95. The number of halogens is 1. The number of sulfone groups is 1. The van der Waals surface area contributed by atoms with Gasteiger partial charge in [-0.15, -0.1) is 0 Å². The first-order valence-electron chi connectivity index (χ1n) is 5.75. The van der Waals surface area contributed by atoms with Crippen LogP contribution < -0.4 is 5.73 Å². The fourth-order valence-corrected chi connectivity index (χ4v) is 3.32. The van der Waals surface area contributed by atoms with Crippen LogP contribution in [0.5, 0.6) is 0 Å². The molecule has 0 aromatic heterocycles. The summed E-state index contributed by atoms with van der Waals surface area (Å²) < 4.78 is 24.5. The largest absolute Gasteiger partial charge is 0.389 e. The molecule has 0 spiro atoms. The molecule has 0 atom stereocenters. The Morgan fingerprint density at radius 1 is 1.05 bits per heavy atom. The standard InChI is InChI=1S/C14H12ClNO2S2/c15-12-5-7-13(8-6-12)20(17,18)9-10-1-3-11(4-2-10)14(16)19/h1-8H,9H2,(H2,16,19). The third-order valence-corrected chi connectivity index (χ3v) is 4.96. The highest BCUT2D eigenvalue weighted by Gasteiger charge is 2.15. The molecule has 0 bridgehead atoms. The molecule has 0 unspecified atom stereocenters. The smallest absolute Gasteiger partial charge is 0.182 e. The van der Waals surface area contributed by atoms with Crippen LogP contribution in [0, 0.1) is 0 Å². The molecule has 6 heteroatoms. The Hall–Kier alpha value is -1.43. The van der Waals surface area contributed by atoms with Crippen molar-refractivity contribution in [2.24, 2.45) is 5.73 Å². The average Bonchev–Trinajstić information content (AvgIpc) is 2.39. The Morgan fingerprint density at radius 2 is 1.60 bits per heavy atom. The molecular formula is C14H12ClNO2S2. The molecule has 3 nitrogen and oxygen atoms in total. The van der Waals surface area contributed by atoms with Crippen LogP contribution in [-0.2, 0) is 15.6 Å². The van der Waals surface area contributed by atoms with Crippen LogP contribution in [0.2, 0.25) is 5.02 Å². The molecule has 0 saturated heterocycles. The zero-order chi connectivity index (χ0) is 14.8. The minimum atomic E-state index is -3.39. The molecule has 2 N–H and O–H groups in total. The van der Waals surface area contributed by atoms with E-state index in [1.165, 1.54) is 12.1 Å². The zero-order valence-corrected chi connectivity index (χ0v) is 12.8. The maximum Gasteiger partial charge on any atom is 0.182 e. The van der Waals surface area contributed by atoms with E-state index < -0.39 is 9.84 Å². The summed E-state index contributed by atoms with van der Waals surface area (Å²) in [5.41, 5.74) is 6.89. The molecule has 0 saturated carbocycles. The second-order valence-corrected chi connectivity index (χ2v) is 7.14.